The van der Waals surface area contributed by atoms with Gasteiger partial charge in [0, 0.05) is 18.0 Å². The monoisotopic (exact) mass is 318 g/mol. The number of benzene rings is 1. The van der Waals surface area contributed by atoms with Gasteiger partial charge in [0.1, 0.15) is 6.10 Å². The molecule has 1 aliphatic rings. The minimum atomic E-state index is -0.333. The van der Waals surface area contributed by atoms with Gasteiger partial charge in [0.05, 0.1) is 17.4 Å². The van der Waals surface area contributed by atoms with E-state index in [0.29, 0.717) is 17.6 Å². The number of carbonyl (C=O) groups excluding carboxylic acids is 1. The Morgan fingerprint density at radius 1 is 1.18 bits per heavy atom. The number of anilines is 3. The van der Waals surface area contributed by atoms with Crippen molar-refractivity contribution in [2.75, 3.05) is 17.2 Å². The number of nitrogens with one attached hydrogen (secondary N) is 2. The highest BCUT2D eigenvalue weighted by Gasteiger charge is 2.23. The van der Waals surface area contributed by atoms with Crippen molar-refractivity contribution in [1.29, 1.82) is 0 Å². The van der Waals surface area contributed by atoms with E-state index < -0.39 is 0 Å². The molecule has 1 aliphatic heterocycles. The molecule has 1 aromatic carbocycles. The molecule has 22 heavy (non-hydrogen) atoms. The standard InChI is InChI=1S/C15H15ClN4O2/c16-10-8-17-15(18-9-10)20-12-5-3-11(4-6-12)19-14(21)13-2-1-7-22-13/h3-6,8-9,13H,1-2,7H2,(H,19,21)(H,17,18,20). The summed E-state index contributed by atoms with van der Waals surface area (Å²) in [6.07, 6.45) is 4.42. The first-order chi connectivity index (χ1) is 10.7. The molecular formula is C15H15ClN4O2. The minimum absolute atomic E-state index is 0.0979. The van der Waals surface area contributed by atoms with Crippen LogP contribution in [0.25, 0.3) is 0 Å². The van der Waals surface area contributed by atoms with Crippen molar-refractivity contribution >= 4 is 34.8 Å². The molecule has 3 rings (SSSR count). The molecule has 2 heterocycles. The molecule has 7 heteroatoms. The fourth-order valence-electron chi connectivity index (χ4n) is 2.15. The molecule has 0 spiro atoms. The van der Waals surface area contributed by atoms with Gasteiger partial charge in [-0.05, 0) is 37.1 Å². The molecule has 1 unspecified atom stereocenters. The first-order valence-electron chi connectivity index (χ1n) is 6.98. The third kappa shape index (κ3) is 3.72. The molecule has 0 radical (unpaired) electrons. The van der Waals surface area contributed by atoms with E-state index in [-0.39, 0.29) is 12.0 Å². The van der Waals surface area contributed by atoms with E-state index in [9.17, 15) is 4.79 Å². The Labute approximate surface area is 132 Å². The third-order valence-electron chi connectivity index (χ3n) is 3.25. The molecule has 1 amide bonds. The average molecular weight is 319 g/mol. The second-order valence-electron chi connectivity index (χ2n) is 4.92. The number of aromatic nitrogens is 2. The number of amides is 1. The van der Waals surface area contributed by atoms with Crippen LogP contribution in [0.3, 0.4) is 0 Å². The highest BCUT2D eigenvalue weighted by atomic mass is 35.5. The van der Waals surface area contributed by atoms with Crippen LogP contribution >= 0.6 is 11.6 Å². The fourth-order valence-corrected chi connectivity index (χ4v) is 2.25. The van der Waals surface area contributed by atoms with E-state index in [4.69, 9.17) is 16.3 Å². The number of rotatable bonds is 4. The number of nitrogens with zero attached hydrogens (tertiary/aromatic N) is 2. The summed E-state index contributed by atoms with van der Waals surface area (Å²) < 4.78 is 5.35. The maximum absolute atomic E-state index is 11.9. The predicted molar refractivity (Wildman–Crippen MR) is 84.4 cm³/mol. The van der Waals surface area contributed by atoms with Crippen molar-refractivity contribution in [3.05, 3.63) is 41.7 Å². The van der Waals surface area contributed by atoms with E-state index in [1.165, 1.54) is 12.4 Å². The second-order valence-corrected chi connectivity index (χ2v) is 5.35. The van der Waals surface area contributed by atoms with Gasteiger partial charge in [-0.1, -0.05) is 11.6 Å². The first-order valence-corrected chi connectivity index (χ1v) is 7.35. The molecule has 1 aromatic heterocycles. The van der Waals surface area contributed by atoms with Crippen molar-refractivity contribution in [2.45, 2.75) is 18.9 Å². The SMILES string of the molecule is O=C(Nc1ccc(Nc2ncc(Cl)cn2)cc1)C1CCCO1. The van der Waals surface area contributed by atoms with Crippen LogP contribution in [-0.2, 0) is 9.53 Å². The zero-order chi connectivity index (χ0) is 15.4. The van der Waals surface area contributed by atoms with Crippen LogP contribution in [0.15, 0.2) is 36.7 Å². The summed E-state index contributed by atoms with van der Waals surface area (Å²) in [6.45, 7) is 0.655. The second kappa shape index (κ2) is 6.72. The minimum Gasteiger partial charge on any atom is -0.368 e. The molecule has 0 saturated carbocycles. The largest absolute Gasteiger partial charge is 0.368 e. The summed E-state index contributed by atoms with van der Waals surface area (Å²) in [4.78, 5) is 20.1. The third-order valence-corrected chi connectivity index (χ3v) is 3.45. The lowest BCUT2D eigenvalue weighted by atomic mass is 10.2. The van der Waals surface area contributed by atoms with Crippen molar-refractivity contribution < 1.29 is 9.53 Å². The van der Waals surface area contributed by atoms with Crippen molar-refractivity contribution in [3.8, 4) is 0 Å². The molecule has 0 bridgehead atoms. The summed E-state index contributed by atoms with van der Waals surface area (Å²) in [6, 6.07) is 7.29. The van der Waals surface area contributed by atoms with Crippen LogP contribution in [-0.4, -0.2) is 28.6 Å². The smallest absolute Gasteiger partial charge is 0.253 e. The number of hydrogen-bond acceptors (Lipinski definition) is 5. The fraction of sp³-hybridized carbons (Fsp3) is 0.267. The normalized spacial score (nSPS) is 17.2. The van der Waals surface area contributed by atoms with E-state index in [0.717, 1.165) is 24.2 Å². The van der Waals surface area contributed by atoms with Crippen LogP contribution in [0.1, 0.15) is 12.8 Å². The van der Waals surface area contributed by atoms with E-state index in [1.807, 2.05) is 24.3 Å². The maximum Gasteiger partial charge on any atom is 0.253 e. The Morgan fingerprint density at radius 3 is 2.50 bits per heavy atom. The summed E-state index contributed by atoms with van der Waals surface area (Å²) in [5.74, 6) is 0.361. The Balaban J connectivity index is 1.60. The van der Waals surface area contributed by atoms with Crippen molar-refractivity contribution in [1.82, 2.24) is 9.97 Å². The summed E-state index contributed by atoms with van der Waals surface area (Å²) in [7, 11) is 0. The van der Waals surface area contributed by atoms with Gasteiger partial charge in [0.2, 0.25) is 5.95 Å². The molecule has 6 nitrogen and oxygen atoms in total. The zero-order valence-corrected chi connectivity index (χ0v) is 12.5. The highest BCUT2D eigenvalue weighted by Crippen LogP contribution is 2.19. The van der Waals surface area contributed by atoms with Crippen LogP contribution < -0.4 is 10.6 Å². The van der Waals surface area contributed by atoms with Gasteiger partial charge in [-0.25, -0.2) is 9.97 Å². The van der Waals surface area contributed by atoms with Gasteiger partial charge in [0.15, 0.2) is 0 Å². The van der Waals surface area contributed by atoms with E-state index in [1.54, 1.807) is 0 Å². The van der Waals surface area contributed by atoms with Gasteiger partial charge >= 0.3 is 0 Å². The van der Waals surface area contributed by atoms with Crippen LogP contribution in [0, 0.1) is 0 Å². The lowest BCUT2D eigenvalue weighted by Crippen LogP contribution is -2.26. The Morgan fingerprint density at radius 2 is 1.86 bits per heavy atom. The molecule has 1 atom stereocenters. The Kier molecular flexibility index (Phi) is 4.50. The summed E-state index contributed by atoms with van der Waals surface area (Å²) in [5.41, 5.74) is 1.54. The summed E-state index contributed by atoms with van der Waals surface area (Å²) >= 11 is 5.73. The van der Waals surface area contributed by atoms with Gasteiger partial charge in [-0.15, -0.1) is 0 Å². The van der Waals surface area contributed by atoms with Gasteiger partial charge in [0.25, 0.3) is 5.91 Å². The quantitative estimate of drug-likeness (QED) is 0.906. The molecular weight excluding hydrogens is 304 g/mol. The van der Waals surface area contributed by atoms with E-state index >= 15 is 0 Å². The van der Waals surface area contributed by atoms with E-state index in [2.05, 4.69) is 20.6 Å². The molecule has 0 aliphatic carbocycles. The average Bonchev–Trinajstić information content (AvgIpc) is 3.06. The molecule has 2 N–H and O–H groups in total. The number of hydrogen-bond donors (Lipinski definition) is 2. The molecule has 1 fully saturated rings. The molecule has 1 saturated heterocycles. The number of carbonyl (C=O) groups is 1. The first kappa shape index (κ1) is 14.7. The lowest BCUT2D eigenvalue weighted by molar-refractivity contribution is -0.124. The van der Waals surface area contributed by atoms with Crippen LogP contribution in [0.2, 0.25) is 5.02 Å². The number of halogens is 1. The number of ether oxygens (including phenoxy) is 1. The Hall–Kier alpha value is -2.18. The zero-order valence-electron chi connectivity index (χ0n) is 11.8. The highest BCUT2D eigenvalue weighted by molar-refractivity contribution is 6.30. The van der Waals surface area contributed by atoms with Gasteiger partial charge < -0.3 is 15.4 Å². The topological polar surface area (TPSA) is 76.1 Å². The van der Waals surface area contributed by atoms with Crippen molar-refractivity contribution in [2.24, 2.45) is 0 Å². The van der Waals surface area contributed by atoms with Gasteiger partial charge in [-0.3, -0.25) is 4.79 Å². The maximum atomic E-state index is 11.9. The van der Waals surface area contributed by atoms with Crippen molar-refractivity contribution in [3.63, 3.8) is 0 Å². The molecule has 2 aromatic rings. The Bertz CT molecular complexity index is 640. The van der Waals surface area contributed by atoms with Crippen LogP contribution in [0.5, 0.6) is 0 Å². The summed E-state index contributed by atoms with van der Waals surface area (Å²) in [5, 5.41) is 6.37. The lowest BCUT2D eigenvalue weighted by Gasteiger charge is -2.11. The van der Waals surface area contributed by atoms with Crippen LogP contribution in [0.4, 0.5) is 17.3 Å². The van der Waals surface area contributed by atoms with Gasteiger partial charge in [-0.2, -0.15) is 0 Å². The predicted octanol–water partition coefficient (Wildman–Crippen LogP) is 2.99. The molecule has 114 valence electrons.